The fourth-order valence-corrected chi connectivity index (χ4v) is 4.39. The molecule has 1 atom stereocenters. The lowest BCUT2D eigenvalue weighted by Gasteiger charge is -2.44. The van der Waals surface area contributed by atoms with Crippen molar-refractivity contribution in [2.75, 3.05) is 44.2 Å². The lowest BCUT2D eigenvalue weighted by Crippen LogP contribution is -2.55. The summed E-state index contributed by atoms with van der Waals surface area (Å²) in [6.45, 7) is 6.62. The Labute approximate surface area is 160 Å². The van der Waals surface area contributed by atoms with Crippen LogP contribution in [-0.4, -0.2) is 60.2 Å². The molecule has 2 fully saturated rings. The summed E-state index contributed by atoms with van der Waals surface area (Å²) in [6.07, 6.45) is 2.41. The summed E-state index contributed by atoms with van der Waals surface area (Å²) >= 11 is 0. The summed E-state index contributed by atoms with van der Waals surface area (Å²) in [5.74, 6) is 0.260. The fraction of sp³-hybridized carbons (Fsp3) is 0.455. The third-order valence-electron chi connectivity index (χ3n) is 5.89. The van der Waals surface area contributed by atoms with Crippen molar-refractivity contribution in [1.29, 1.82) is 0 Å². The smallest absolute Gasteiger partial charge is 0.146 e. The number of para-hydroxylation sites is 2. The van der Waals surface area contributed by atoms with Gasteiger partial charge in [-0.15, -0.1) is 0 Å². The zero-order valence-electron chi connectivity index (χ0n) is 15.7. The molecule has 5 heteroatoms. The van der Waals surface area contributed by atoms with Crippen LogP contribution in [0.5, 0.6) is 5.75 Å². The minimum Gasteiger partial charge on any atom is -0.508 e. The minimum atomic E-state index is -0.127. The van der Waals surface area contributed by atoms with E-state index in [9.17, 15) is 9.50 Å². The maximum absolute atomic E-state index is 14.0. The summed E-state index contributed by atoms with van der Waals surface area (Å²) in [5.41, 5.74) is 1.73. The summed E-state index contributed by atoms with van der Waals surface area (Å²) in [6, 6.07) is 15.2. The Morgan fingerprint density at radius 3 is 2.44 bits per heavy atom. The fourth-order valence-electron chi connectivity index (χ4n) is 4.39. The topological polar surface area (TPSA) is 30.0 Å². The SMILES string of the molecule is Oc1ccccc1CN1CCCC(N2CCN(c3ccccc3F)CC2)C1. The van der Waals surface area contributed by atoms with Crippen molar-refractivity contribution < 1.29 is 9.50 Å². The largest absolute Gasteiger partial charge is 0.508 e. The molecule has 0 spiro atoms. The van der Waals surface area contributed by atoms with E-state index in [1.54, 1.807) is 18.2 Å². The first-order valence-electron chi connectivity index (χ1n) is 9.93. The highest BCUT2D eigenvalue weighted by molar-refractivity contribution is 5.48. The number of hydrogen-bond acceptors (Lipinski definition) is 4. The van der Waals surface area contributed by atoms with Crippen LogP contribution in [0.1, 0.15) is 18.4 Å². The number of likely N-dealkylation sites (tertiary alicyclic amines) is 1. The van der Waals surface area contributed by atoms with Gasteiger partial charge in [-0.3, -0.25) is 9.80 Å². The van der Waals surface area contributed by atoms with Crippen molar-refractivity contribution in [3.63, 3.8) is 0 Å². The Hall–Kier alpha value is -2.11. The van der Waals surface area contributed by atoms with E-state index in [0.29, 0.717) is 11.8 Å². The van der Waals surface area contributed by atoms with E-state index in [0.717, 1.165) is 57.1 Å². The molecule has 2 aromatic rings. The lowest BCUT2D eigenvalue weighted by atomic mass is 10.0. The van der Waals surface area contributed by atoms with E-state index in [4.69, 9.17) is 0 Å². The van der Waals surface area contributed by atoms with Gasteiger partial charge >= 0.3 is 0 Å². The normalized spacial score (nSPS) is 22.1. The average Bonchev–Trinajstić information content (AvgIpc) is 2.71. The highest BCUT2D eigenvalue weighted by Gasteiger charge is 2.28. The van der Waals surface area contributed by atoms with Crippen LogP contribution >= 0.6 is 0 Å². The zero-order valence-corrected chi connectivity index (χ0v) is 15.7. The number of rotatable bonds is 4. The van der Waals surface area contributed by atoms with E-state index >= 15 is 0 Å². The van der Waals surface area contributed by atoms with Gasteiger partial charge in [0.2, 0.25) is 0 Å². The molecule has 2 saturated heterocycles. The van der Waals surface area contributed by atoms with E-state index in [-0.39, 0.29) is 5.82 Å². The van der Waals surface area contributed by atoms with Gasteiger partial charge in [-0.2, -0.15) is 0 Å². The molecule has 0 radical (unpaired) electrons. The van der Waals surface area contributed by atoms with E-state index < -0.39 is 0 Å². The number of hydrogen-bond donors (Lipinski definition) is 1. The van der Waals surface area contributed by atoms with Gasteiger partial charge in [0.1, 0.15) is 11.6 Å². The molecule has 0 saturated carbocycles. The number of phenolic OH excluding ortho intramolecular Hbond substituents is 1. The first-order valence-corrected chi connectivity index (χ1v) is 9.93. The summed E-state index contributed by atoms with van der Waals surface area (Å²) in [5, 5.41) is 10.0. The average molecular weight is 369 g/mol. The number of phenols is 1. The van der Waals surface area contributed by atoms with Gasteiger partial charge in [-0.05, 0) is 37.6 Å². The molecule has 0 amide bonds. The molecule has 2 aliphatic heterocycles. The van der Waals surface area contributed by atoms with Crippen molar-refractivity contribution in [2.24, 2.45) is 0 Å². The third-order valence-corrected chi connectivity index (χ3v) is 5.89. The van der Waals surface area contributed by atoms with Crippen LogP contribution < -0.4 is 4.90 Å². The van der Waals surface area contributed by atoms with Gasteiger partial charge in [0, 0.05) is 50.9 Å². The molecular formula is C22H28FN3O. The maximum atomic E-state index is 14.0. The van der Waals surface area contributed by atoms with Crippen molar-refractivity contribution in [2.45, 2.75) is 25.4 Å². The Bertz CT molecular complexity index is 761. The van der Waals surface area contributed by atoms with Crippen LogP contribution in [0.15, 0.2) is 48.5 Å². The molecule has 144 valence electrons. The maximum Gasteiger partial charge on any atom is 0.146 e. The predicted molar refractivity (Wildman–Crippen MR) is 107 cm³/mol. The molecular weight excluding hydrogens is 341 g/mol. The molecule has 0 aromatic heterocycles. The van der Waals surface area contributed by atoms with Crippen LogP contribution in [0.2, 0.25) is 0 Å². The molecule has 0 aliphatic carbocycles. The van der Waals surface area contributed by atoms with Gasteiger partial charge in [0.15, 0.2) is 0 Å². The van der Waals surface area contributed by atoms with Gasteiger partial charge in [-0.25, -0.2) is 4.39 Å². The van der Waals surface area contributed by atoms with Crippen LogP contribution in [-0.2, 0) is 6.54 Å². The molecule has 2 heterocycles. The molecule has 4 rings (SSSR count). The van der Waals surface area contributed by atoms with E-state index in [1.807, 2.05) is 30.3 Å². The van der Waals surface area contributed by atoms with Gasteiger partial charge in [0.25, 0.3) is 0 Å². The van der Waals surface area contributed by atoms with Crippen LogP contribution in [0.25, 0.3) is 0 Å². The zero-order chi connectivity index (χ0) is 18.6. The molecule has 27 heavy (non-hydrogen) atoms. The molecule has 0 bridgehead atoms. The van der Waals surface area contributed by atoms with Gasteiger partial charge in [-0.1, -0.05) is 30.3 Å². The Balaban J connectivity index is 1.33. The Kier molecular flexibility index (Phi) is 5.60. The first kappa shape index (κ1) is 18.3. The molecule has 4 nitrogen and oxygen atoms in total. The number of aromatic hydroxyl groups is 1. The Morgan fingerprint density at radius 1 is 0.926 bits per heavy atom. The quantitative estimate of drug-likeness (QED) is 0.896. The van der Waals surface area contributed by atoms with Crippen molar-refractivity contribution in [1.82, 2.24) is 9.80 Å². The number of piperazine rings is 1. The number of anilines is 1. The van der Waals surface area contributed by atoms with E-state index in [1.165, 1.54) is 12.8 Å². The lowest BCUT2D eigenvalue weighted by molar-refractivity contribution is 0.0882. The predicted octanol–water partition coefficient (Wildman–Crippen LogP) is 3.32. The number of piperidine rings is 1. The van der Waals surface area contributed by atoms with Crippen LogP contribution in [0, 0.1) is 5.82 Å². The van der Waals surface area contributed by atoms with Crippen LogP contribution in [0.3, 0.4) is 0 Å². The second-order valence-electron chi connectivity index (χ2n) is 7.63. The van der Waals surface area contributed by atoms with Crippen molar-refractivity contribution in [3.8, 4) is 5.75 Å². The molecule has 2 aliphatic rings. The van der Waals surface area contributed by atoms with Crippen LogP contribution in [0.4, 0.5) is 10.1 Å². The summed E-state index contributed by atoms with van der Waals surface area (Å²) in [4.78, 5) is 7.18. The Morgan fingerprint density at radius 2 is 1.67 bits per heavy atom. The molecule has 1 unspecified atom stereocenters. The van der Waals surface area contributed by atoms with Gasteiger partial charge < -0.3 is 10.0 Å². The summed E-state index contributed by atoms with van der Waals surface area (Å²) < 4.78 is 14.0. The number of halogens is 1. The standard InChI is InChI=1S/C22H28FN3O/c23-20-8-2-3-9-21(20)26-14-12-25(13-15-26)19-7-5-11-24(17-19)16-18-6-1-4-10-22(18)27/h1-4,6,8-10,19,27H,5,7,11-17H2. The second kappa shape index (κ2) is 8.28. The number of nitrogens with zero attached hydrogens (tertiary/aromatic N) is 3. The summed E-state index contributed by atoms with van der Waals surface area (Å²) in [7, 11) is 0. The molecule has 1 N–H and O–H groups in total. The van der Waals surface area contributed by atoms with E-state index in [2.05, 4.69) is 14.7 Å². The van der Waals surface area contributed by atoms with Crippen molar-refractivity contribution >= 4 is 5.69 Å². The van der Waals surface area contributed by atoms with Crippen molar-refractivity contribution in [3.05, 3.63) is 59.9 Å². The molecule has 2 aromatic carbocycles. The monoisotopic (exact) mass is 369 g/mol. The first-order chi connectivity index (χ1) is 13.2. The highest BCUT2D eigenvalue weighted by atomic mass is 19.1. The number of benzene rings is 2. The second-order valence-corrected chi connectivity index (χ2v) is 7.63. The third kappa shape index (κ3) is 4.25. The van der Waals surface area contributed by atoms with Gasteiger partial charge in [0.05, 0.1) is 5.69 Å². The minimum absolute atomic E-state index is 0.127. The highest BCUT2D eigenvalue weighted by Crippen LogP contribution is 2.25.